The molecule has 0 bridgehead atoms. The van der Waals surface area contributed by atoms with Crippen molar-refractivity contribution in [2.75, 3.05) is 19.7 Å². The topological polar surface area (TPSA) is 21.3 Å². The first-order valence-corrected chi connectivity index (χ1v) is 7.32. The summed E-state index contributed by atoms with van der Waals surface area (Å²) in [4.78, 5) is 0. The Bertz CT molecular complexity index is 515. The standard InChI is InChI=1S/C17H20ClNO/c1-2-19-12-13-20-17(14-8-4-3-5-9-14)15-10-6-7-11-16(15)18/h3-11,17,19H,2,12-13H2,1H3/t17-/m0/s1. The van der Waals surface area contributed by atoms with Gasteiger partial charge >= 0.3 is 0 Å². The van der Waals surface area contributed by atoms with Gasteiger partial charge in [0.25, 0.3) is 0 Å². The number of rotatable bonds is 7. The Balaban J connectivity index is 2.19. The minimum atomic E-state index is -0.122. The predicted octanol–water partition coefficient (Wildman–Crippen LogP) is 4.06. The van der Waals surface area contributed by atoms with Crippen LogP contribution in [0.3, 0.4) is 0 Å². The van der Waals surface area contributed by atoms with Crippen molar-refractivity contribution >= 4 is 11.6 Å². The largest absolute Gasteiger partial charge is 0.367 e. The lowest BCUT2D eigenvalue weighted by atomic mass is 10.0. The van der Waals surface area contributed by atoms with E-state index in [1.165, 1.54) is 0 Å². The van der Waals surface area contributed by atoms with Crippen molar-refractivity contribution in [3.05, 3.63) is 70.7 Å². The SMILES string of the molecule is CCNCCO[C@@H](c1ccccc1)c1ccccc1Cl. The zero-order valence-electron chi connectivity index (χ0n) is 11.7. The van der Waals surface area contributed by atoms with Crippen LogP contribution in [0.2, 0.25) is 5.02 Å². The Morgan fingerprint density at radius 2 is 1.75 bits per heavy atom. The van der Waals surface area contributed by atoms with Crippen LogP contribution < -0.4 is 5.32 Å². The van der Waals surface area contributed by atoms with Gasteiger partial charge in [0.15, 0.2) is 0 Å². The van der Waals surface area contributed by atoms with Crippen molar-refractivity contribution in [2.24, 2.45) is 0 Å². The summed E-state index contributed by atoms with van der Waals surface area (Å²) >= 11 is 6.31. The van der Waals surface area contributed by atoms with Crippen molar-refractivity contribution in [3.8, 4) is 0 Å². The molecule has 0 aliphatic carbocycles. The zero-order valence-corrected chi connectivity index (χ0v) is 12.4. The van der Waals surface area contributed by atoms with Gasteiger partial charge < -0.3 is 10.1 Å². The second kappa shape index (κ2) is 8.05. The summed E-state index contributed by atoms with van der Waals surface area (Å²) in [6.07, 6.45) is -0.122. The fourth-order valence-electron chi connectivity index (χ4n) is 2.11. The van der Waals surface area contributed by atoms with Crippen LogP contribution >= 0.6 is 11.6 Å². The lowest BCUT2D eigenvalue weighted by Gasteiger charge is -2.20. The van der Waals surface area contributed by atoms with Gasteiger partial charge in [0, 0.05) is 17.1 Å². The van der Waals surface area contributed by atoms with Crippen molar-refractivity contribution in [1.29, 1.82) is 0 Å². The lowest BCUT2D eigenvalue weighted by Crippen LogP contribution is -2.20. The second-order valence-corrected chi connectivity index (χ2v) is 4.94. The van der Waals surface area contributed by atoms with Crippen LogP contribution in [0.5, 0.6) is 0 Å². The molecule has 0 aromatic heterocycles. The van der Waals surface area contributed by atoms with E-state index in [0.29, 0.717) is 6.61 Å². The molecule has 2 nitrogen and oxygen atoms in total. The van der Waals surface area contributed by atoms with E-state index in [2.05, 4.69) is 24.4 Å². The van der Waals surface area contributed by atoms with E-state index in [-0.39, 0.29) is 6.10 Å². The molecular weight excluding hydrogens is 270 g/mol. The van der Waals surface area contributed by atoms with Crippen LogP contribution in [-0.2, 0) is 4.74 Å². The molecule has 3 heteroatoms. The zero-order chi connectivity index (χ0) is 14.2. The molecule has 1 N–H and O–H groups in total. The number of hydrogen-bond donors (Lipinski definition) is 1. The molecule has 1 atom stereocenters. The van der Waals surface area contributed by atoms with E-state index in [0.717, 1.165) is 29.2 Å². The smallest absolute Gasteiger partial charge is 0.109 e. The number of nitrogens with one attached hydrogen (secondary N) is 1. The minimum Gasteiger partial charge on any atom is -0.367 e. The van der Waals surface area contributed by atoms with Crippen LogP contribution in [-0.4, -0.2) is 19.7 Å². The third-order valence-electron chi connectivity index (χ3n) is 3.10. The van der Waals surface area contributed by atoms with Crippen LogP contribution in [0, 0.1) is 0 Å². The number of benzene rings is 2. The molecule has 0 spiro atoms. The molecule has 2 rings (SSSR count). The Morgan fingerprint density at radius 3 is 2.45 bits per heavy atom. The van der Waals surface area contributed by atoms with Gasteiger partial charge in [-0.05, 0) is 18.2 Å². The number of hydrogen-bond acceptors (Lipinski definition) is 2. The van der Waals surface area contributed by atoms with Gasteiger partial charge in [-0.25, -0.2) is 0 Å². The minimum absolute atomic E-state index is 0.122. The van der Waals surface area contributed by atoms with Crippen molar-refractivity contribution < 1.29 is 4.74 Å². The van der Waals surface area contributed by atoms with Gasteiger partial charge in [-0.2, -0.15) is 0 Å². The van der Waals surface area contributed by atoms with Crippen molar-refractivity contribution in [3.63, 3.8) is 0 Å². The quantitative estimate of drug-likeness (QED) is 0.776. The summed E-state index contributed by atoms with van der Waals surface area (Å²) in [7, 11) is 0. The highest BCUT2D eigenvalue weighted by Crippen LogP contribution is 2.30. The van der Waals surface area contributed by atoms with Crippen LogP contribution in [0.4, 0.5) is 0 Å². The second-order valence-electron chi connectivity index (χ2n) is 4.54. The van der Waals surface area contributed by atoms with E-state index in [4.69, 9.17) is 16.3 Å². The van der Waals surface area contributed by atoms with E-state index >= 15 is 0 Å². The first-order valence-electron chi connectivity index (χ1n) is 6.94. The maximum atomic E-state index is 6.31. The fraction of sp³-hybridized carbons (Fsp3) is 0.294. The molecule has 0 heterocycles. The molecule has 0 saturated heterocycles. The molecular formula is C17H20ClNO. The van der Waals surface area contributed by atoms with Crippen molar-refractivity contribution in [1.82, 2.24) is 5.32 Å². The van der Waals surface area contributed by atoms with Crippen molar-refractivity contribution in [2.45, 2.75) is 13.0 Å². The summed E-state index contributed by atoms with van der Waals surface area (Å²) in [5, 5.41) is 4.00. The highest BCUT2D eigenvalue weighted by molar-refractivity contribution is 6.31. The lowest BCUT2D eigenvalue weighted by molar-refractivity contribution is 0.0824. The molecule has 0 saturated carbocycles. The van der Waals surface area contributed by atoms with Gasteiger partial charge in [-0.1, -0.05) is 67.1 Å². The Hall–Kier alpha value is -1.35. The summed E-state index contributed by atoms with van der Waals surface area (Å²) in [5.74, 6) is 0. The van der Waals surface area contributed by atoms with E-state index in [1.807, 2.05) is 42.5 Å². The molecule has 106 valence electrons. The first-order chi connectivity index (χ1) is 9.83. The van der Waals surface area contributed by atoms with Crippen LogP contribution in [0.25, 0.3) is 0 Å². The fourth-order valence-corrected chi connectivity index (χ4v) is 2.34. The average Bonchev–Trinajstić information content (AvgIpc) is 2.49. The molecule has 0 unspecified atom stereocenters. The molecule has 2 aromatic carbocycles. The summed E-state index contributed by atoms with van der Waals surface area (Å²) in [5.41, 5.74) is 2.13. The molecule has 0 aliphatic rings. The van der Waals surface area contributed by atoms with E-state index < -0.39 is 0 Å². The maximum Gasteiger partial charge on any atom is 0.109 e. The molecule has 2 aromatic rings. The number of ether oxygens (including phenoxy) is 1. The highest BCUT2D eigenvalue weighted by Gasteiger charge is 2.16. The van der Waals surface area contributed by atoms with Crippen LogP contribution in [0.15, 0.2) is 54.6 Å². The maximum absolute atomic E-state index is 6.31. The summed E-state index contributed by atoms with van der Waals surface area (Å²) < 4.78 is 6.05. The Labute approximate surface area is 125 Å². The van der Waals surface area contributed by atoms with E-state index in [9.17, 15) is 0 Å². The molecule has 20 heavy (non-hydrogen) atoms. The molecule has 0 radical (unpaired) electrons. The Morgan fingerprint density at radius 1 is 1.05 bits per heavy atom. The molecule has 0 amide bonds. The van der Waals surface area contributed by atoms with Gasteiger partial charge in [-0.3, -0.25) is 0 Å². The summed E-state index contributed by atoms with van der Waals surface area (Å²) in [6.45, 7) is 4.52. The van der Waals surface area contributed by atoms with Gasteiger partial charge in [-0.15, -0.1) is 0 Å². The summed E-state index contributed by atoms with van der Waals surface area (Å²) in [6, 6.07) is 18.0. The van der Waals surface area contributed by atoms with Gasteiger partial charge in [0.05, 0.1) is 6.61 Å². The third kappa shape index (κ3) is 4.07. The predicted molar refractivity (Wildman–Crippen MR) is 84.2 cm³/mol. The Kier molecular flexibility index (Phi) is 6.06. The van der Waals surface area contributed by atoms with Gasteiger partial charge in [0.2, 0.25) is 0 Å². The normalized spacial score (nSPS) is 12.3. The number of likely N-dealkylation sites (N-methyl/N-ethyl adjacent to an activating group) is 1. The highest BCUT2D eigenvalue weighted by atomic mass is 35.5. The molecule has 0 aliphatic heterocycles. The first kappa shape index (κ1) is 15.0. The van der Waals surface area contributed by atoms with Gasteiger partial charge in [0.1, 0.15) is 6.10 Å². The van der Waals surface area contributed by atoms with Crippen LogP contribution in [0.1, 0.15) is 24.2 Å². The monoisotopic (exact) mass is 289 g/mol. The number of halogens is 1. The molecule has 0 fully saturated rings. The van der Waals surface area contributed by atoms with E-state index in [1.54, 1.807) is 0 Å². The third-order valence-corrected chi connectivity index (χ3v) is 3.45. The average molecular weight is 290 g/mol.